The molecule has 1 saturated heterocycles. The fourth-order valence-corrected chi connectivity index (χ4v) is 4.29. The smallest absolute Gasteiger partial charge is 0.00569 e. The first-order valence-electron chi connectivity index (χ1n) is 7.23. The zero-order chi connectivity index (χ0) is 12.1. The van der Waals surface area contributed by atoms with E-state index in [0.717, 1.165) is 11.8 Å². The Kier molecular flexibility index (Phi) is 5.19. The van der Waals surface area contributed by atoms with Crippen LogP contribution in [-0.2, 0) is 0 Å². The number of nitrogens with zero attached hydrogens (tertiary/aromatic N) is 1. The van der Waals surface area contributed by atoms with Crippen molar-refractivity contribution in [3.8, 4) is 0 Å². The van der Waals surface area contributed by atoms with Gasteiger partial charge in [0.1, 0.15) is 0 Å². The van der Waals surface area contributed by atoms with Crippen molar-refractivity contribution >= 4 is 11.8 Å². The molecular weight excluding hydrogens is 228 g/mol. The third-order valence-corrected chi connectivity index (χ3v) is 5.90. The largest absolute Gasteiger partial charge is 0.330 e. The predicted molar refractivity (Wildman–Crippen MR) is 77.5 cm³/mol. The van der Waals surface area contributed by atoms with Crippen molar-refractivity contribution in [2.45, 2.75) is 50.2 Å². The Bertz CT molecular complexity index is 226. The number of thioether (sulfide) groups is 1. The molecule has 0 aromatic rings. The van der Waals surface area contributed by atoms with Crippen LogP contribution in [0.25, 0.3) is 0 Å². The molecule has 0 bridgehead atoms. The second-order valence-electron chi connectivity index (χ2n) is 5.98. The van der Waals surface area contributed by atoms with Gasteiger partial charge in [0, 0.05) is 11.8 Å². The van der Waals surface area contributed by atoms with Crippen molar-refractivity contribution in [3.05, 3.63) is 0 Å². The van der Waals surface area contributed by atoms with Crippen LogP contribution in [0.15, 0.2) is 0 Å². The van der Waals surface area contributed by atoms with Gasteiger partial charge in [0.15, 0.2) is 0 Å². The molecule has 1 heterocycles. The maximum absolute atomic E-state index is 6.05. The van der Waals surface area contributed by atoms with E-state index in [0.29, 0.717) is 5.41 Å². The van der Waals surface area contributed by atoms with Crippen LogP contribution in [0.1, 0.15) is 44.9 Å². The van der Waals surface area contributed by atoms with E-state index >= 15 is 0 Å². The Morgan fingerprint density at radius 2 is 1.94 bits per heavy atom. The molecule has 1 aliphatic heterocycles. The molecule has 0 amide bonds. The summed E-state index contributed by atoms with van der Waals surface area (Å²) in [5.41, 5.74) is 6.52. The zero-order valence-corrected chi connectivity index (χ0v) is 12.1. The van der Waals surface area contributed by atoms with Crippen LogP contribution in [0, 0.1) is 5.41 Å². The highest BCUT2D eigenvalue weighted by Crippen LogP contribution is 2.38. The lowest BCUT2D eigenvalue weighted by molar-refractivity contribution is 0.162. The van der Waals surface area contributed by atoms with Crippen molar-refractivity contribution in [1.82, 2.24) is 4.90 Å². The molecule has 2 nitrogen and oxygen atoms in total. The van der Waals surface area contributed by atoms with Crippen LogP contribution < -0.4 is 5.73 Å². The number of likely N-dealkylation sites (tertiary alicyclic amines) is 1. The normalized spacial score (nSPS) is 30.4. The standard InChI is InChI=1S/C14H28N2S/c1-17-13-5-4-9-16(10-6-13)12-14(11-15)7-2-3-8-14/h13H,2-12,15H2,1H3. The third kappa shape index (κ3) is 3.62. The van der Waals surface area contributed by atoms with Gasteiger partial charge >= 0.3 is 0 Å². The summed E-state index contributed by atoms with van der Waals surface area (Å²) in [6.07, 6.45) is 12.0. The summed E-state index contributed by atoms with van der Waals surface area (Å²) in [7, 11) is 0. The maximum Gasteiger partial charge on any atom is 0.00569 e. The fourth-order valence-electron chi connectivity index (χ4n) is 3.55. The van der Waals surface area contributed by atoms with E-state index in [2.05, 4.69) is 22.9 Å². The van der Waals surface area contributed by atoms with Gasteiger partial charge in [0.05, 0.1) is 0 Å². The molecule has 3 heteroatoms. The highest BCUT2D eigenvalue weighted by molar-refractivity contribution is 7.99. The number of rotatable bonds is 4. The van der Waals surface area contributed by atoms with E-state index in [1.807, 2.05) is 0 Å². The fraction of sp³-hybridized carbons (Fsp3) is 1.00. The predicted octanol–water partition coefficient (Wildman–Crippen LogP) is 2.72. The topological polar surface area (TPSA) is 29.3 Å². The van der Waals surface area contributed by atoms with Gasteiger partial charge < -0.3 is 10.6 Å². The lowest BCUT2D eigenvalue weighted by Crippen LogP contribution is -2.41. The Balaban J connectivity index is 1.85. The van der Waals surface area contributed by atoms with Gasteiger partial charge in [-0.2, -0.15) is 11.8 Å². The van der Waals surface area contributed by atoms with Crippen LogP contribution >= 0.6 is 11.8 Å². The monoisotopic (exact) mass is 256 g/mol. The van der Waals surface area contributed by atoms with Crippen LogP contribution in [0.3, 0.4) is 0 Å². The summed E-state index contributed by atoms with van der Waals surface area (Å²) in [6.45, 7) is 4.77. The molecule has 100 valence electrons. The van der Waals surface area contributed by atoms with Crippen molar-refractivity contribution in [2.24, 2.45) is 11.1 Å². The van der Waals surface area contributed by atoms with Gasteiger partial charge in [-0.3, -0.25) is 0 Å². The summed E-state index contributed by atoms with van der Waals surface area (Å²) < 4.78 is 0. The van der Waals surface area contributed by atoms with Crippen LogP contribution in [0.2, 0.25) is 0 Å². The van der Waals surface area contributed by atoms with E-state index in [4.69, 9.17) is 5.73 Å². The molecule has 1 aliphatic carbocycles. The third-order valence-electron chi connectivity index (χ3n) is 4.76. The minimum atomic E-state index is 0.471. The summed E-state index contributed by atoms with van der Waals surface area (Å²) in [4.78, 5) is 2.70. The van der Waals surface area contributed by atoms with Gasteiger partial charge in [0.25, 0.3) is 0 Å². The molecule has 1 unspecified atom stereocenters. The first-order chi connectivity index (χ1) is 8.28. The second-order valence-corrected chi connectivity index (χ2v) is 7.11. The average Bonchev–Trinajstić information content (AvgIpc) is 2.70. The van der Waals surface area contributed by atoms with Gasteiger partial charge in [-0.25, -0.2) is 0 Å². The van der Waals surface area contributed by atoms with Gasteiger partial charge in [-0.1, -0.05) is 12.8 Å². The van der Waals surface area contributed by atoms with Gasteiger partial charge in [-0.05, 0) is 63.4 Å². The molecule has 2 aliphatic rings. The Hall–Kier alpha value is 0.270. The molecule has 1 saturated carbocycles. The molecule has 2 rings (SSSR count). The number of hydrogen-bond donors (Lipinski definition) is 1. The highest BCUT2D eigenvalue weighted by Gasteiger charge is 2.34. The molecule has 0 spiro atoms. The lowest BCUT2D eigenvalue weighted by Gasteiger charge is -2.34. The van der Waals surface area contributed by atoms with Crippen LogP contribution in [-0.4, -0.2) is 42.6 Å². The minimum absolute atomic E-state index is 0.471. The Labute approximate surface area is 111 Å². The molecule has 0 aromatic carbocycles. The molecular formula is C14H28N2S. The first kappa shape index (κ1) is 13.7. The summed E-state index contributed by atoms with van der Waals surface area (Å²) in [5.74, 6) is 0. The molecule has 0 radical (unpaired) electrons. The molecule has 1 atom stereocenters. The van der Waals surface area contributed by atoms with E-state index in [9.17, 15) is 0 Å². The quantitative estimate of drug-likeness (QED) is 0.838. The van der Waals surface area contributed by atoms with Crippen molar-refractivity contribution < 1.29 is 0 Å². The van der Waals surface area contributed by atoms with E-state index in [-0.39, 0.29) is 0 Å². The van der Waals surface area contributed by atoms with E-state index in [1.165, 1.54) is 64.6 Å². The minimum Gasteiger partial charge on any atom is -0.330 e. The van der Waals surface area contributed by atoms with Gasteiger partial charge in [-0.15, -0.1) is 0 Å². The number of nitrogens with two attached hydrogens (primary N) is 1. The summed E-state index contributed by atoms with van der Waals surface area (Å²) in [5, 5.41) is 0.900. The molecule has 0 aromatic heterocycles. The SMILES string of the molecule is CSC1CCCN(CC2(CN)CCCC2)CC1. The van der Waals surface area contributed by atoms with Crippen LogP contribution in [0.4, 0.5) is 0 Å². The van der Waals surface area contributed by atoms with Gasteiger partial charge in [0.2, 0.25) is 0 Å². The highest BCUT2D eigenvalue weighted by atomic mass is 32.2. The van der Waals surface area contributed by atoms with E-state index in [1.54, 1.807) is 0 Å². The first-order valence-corrected chi connectivity index (χ1v) is 8.52. The van der Waals surface area contributed by atoms with Crippen molar-refractivity contribution in [3.63, 3.8) is 0 Å². The van der Waals surface area contributed by atoms with Crippen molar-refractivity contribution in [2.75, 3.05) is 32.4 Å². The maximum atomic E-state index is 6.05. The Morgan fingerprint density at radius 1 is 1.18 bits per heavy atom. The van der Waals surface area contributed by atoms with Crippen molar-refractivity contribution in [1.29, 1.82) is 0 Å². The number of hydrogen-bond acceptors (Lipinski definition) is 3. The molecule has 2 fully saturated rings. The zero-order valence-electron chi connectivity index (χ0n) is 11.3. The molecule has 2 N–H and O–H groups in total. The lowest BCUT2D eigenvalue weighted by atomic mass is 9.85. The van der Waals surface area contributed by atoms with Crippen LogP contribution in [0.5, 0.6) is 0 Å². The summed E-state index contributed by atoms with van der Waals surface area (Å²) in [6, 6.07) is 0. The Morgan fingerprint density at radius 3 is 2.59 bits per heavy atom. The molecule has 17 heavy (non-hydrogen) atoms. The summed E-state index contributed by atoms with van der Waals surface area (Å²) >= 11 is 2.06. The average molecular weight is 256 g/mol. The second kappa shape index (κ2) is 6.44. The van der Waals surface area contributed by atoms with E-state index < -0.39 is 0 Å².